The van der Waals surface area contributed by atoms with Crippen LogP contribution in [0.25, 0.3) is 0 Å². The number of hydrogen-bond donors (Lipinski definition) is 3. The molecule has 0 aliphatic carbocycles. The van der Waals surface area contributed by atoms with Crippen LogP contribution in [0.4, 0.5) is 27.8 Å². The molecule has 0 bridgehead atoms. The number of anilines is 4. The lowest BCUT2D eigenvalue weighted by molar-refractivity contribution is 0.626. The molecule has 3 aromatic heterocycles. The molecule has 162 valence electrons. The topological polar surface area (TPSA) is 101 Å². The van der Waals surface area contributed by atoms with Crippen LogP contribution in [-0.4, -0.2) is 24.9 Å². The van der Waals surface area contributed by atoms with Gasteiger partial charge in [-0.2, -0.15) is 9.97 Å². The zero-order chi connectivity index (χ0) is 22.3. The average Bonchev–Trinajstić information content (AvgIpc) is 2.80. The summed E-state index contributed by atoms with van der Waals surface area (Å²) in [6.07, 6.45) is 8.37. The van der Waals surface area contributed by atoms with E-state index in [9.17, 15) is 4.39 Å². The van der Waals surface area contributed by atoms with E-state index in [1.165, 1.54) is 12.1 Å². The second-order valence-electron chi connectivity index (χ2n) is 7.25. The van der Waals surface area contributed by atoms with Gasteiger partial charge >= 0.3 is 0 Å². The molecule has 2 atom stereocenters. The Kier molecular flexibility index (Phi) is 6.45. The van der Waals surface area contributed by atoms with Crippen LogP contribution in [-0.2, 0) is 0 Å². The van der Waals surface area contributed by atoms with Crippen molar-refractivity contribution in [2.75, 3.05) is 16.0 Å². The van der Waals surface area contributed by atoms with E-state index >= 15 is 0 Å². The van der Waals surface area contributed by atoms with E-state index in [1.54, 1.807) is 43.0 Å². The van der Waals surface area contributed by atoms with E-state index in [4.69, 9.17) is 0 Å². The van der Waals surface area contributed by atoms with Gasteiger partial charge in [-0.3, -0.25) is 9.97 Å². The van der Waals surface area contributed by atoms with E-state index in [2.05, 4.69) is 40.9 Å². The second-order valence-corrected chi connectivity index (χ2v) is 7.25. The summed E-state index contributed by atoms with van der Waals surface area (Å²) in [5.74, 6) is 1.88. The molecule has 32 heavy (non-hydrogen) atoms. The molecule has 0 amide bonds. The second kappa shape index (κ2) is 9.78. The van der Waals surface area contributed by atoms with Crippen molar-refractivity contribution in [3.05, 3.63) is 90.4 Å². The SMILES string of the molecule is CC(Nc1cc(Nc2cnccn2)nc(NC(C)c2ccc(F)cc2)n1)c1cccnc1. The number of pyridine rings is 1. The Morgan fingerprint density at radius 3 is 2.22 bits per heavy atom. The molecule has 8 nitrogen and oxygen atoms in total. The highest BCUT2D eigenvalue weighted by molar-refractivity contribution is 5.58. The van der Waals surface area contributed by atoms with E-state index in [0.717, 1.165) is 11.1 Å². The minimum absolute atomic E-state index is 0.0228. The zero-order valence-corrected chi connectivity index (χ0v) is 17.7. The standard InChI is InChI=1S/C23H23FN8/c1-15(17-5-7-19(24)8-6-17)29-23-31-20(28-16(2)18-4-3-9-25-13-18)12-21(32-23)30-22-14-26-10-11-27-22/h3-16H,1-2H3,(H3,27,28,29,30,31,32). The quantitative estimate of drug-likeness (QED) is 0.363. The normalized spacial score (nSPS) is 12.6. The van der Waals surface area contributed by atoms with Crippen molar-refractivity contribution in [2.45, 2.75) is 25.9 Å². The van der Waals surface area contributed by atoms with Gasteiger partial charge in [0.05, 0.1) is 18.3 Å². The molecule has 0 aliphatic rings. The molecule has 4 rings (SSSR count). The number of benzene rings is 1. The summed E-state index contributed by atoms with van der Waals surface area (Å²) in [6.45, 7) is 3.99. The van der Waals surface area contributed by atoms with Crippen LogP contribution in [0.15, 0.2) is 73.4 Å². The maximum Gasteiger partial charge on any atom is 0.227 e. The average molecular weight is 430 g/mol. The molecule has 0 saturated heterocycles. The monoisotopic (exact) mass is 430 g/mol. The van der Waals surface area contributed by atoms with Crippen molar-refractivity contribution in [3.63, 3.8) is 0 Å². The minimum Gasteiger partial charge on any atom is -0.363 e. The lowest BCUT2D eigenvalue weighted by Gasteiger charge is -2.18. The third-order valence-electron chi connectivity index (χ3n) is 4.81. The Bertz CT molecular complexity index is 1140. The Morgan fingerprint density at radius 1 is 0.750 bits per heavy atom. The first-order valence-electron chi connectivity index (χ1n) is 10.2. The lowest BCUT2D eigenvalue weighted by atomic mass is 10.1. The molecule has 0 aliphatic heterocycles. The van der Waals surface area contributed by atoms with Gasteiger partial charge in [0.15, 0.2) is 0 Å². The zero-order valence-electron chi connectivity index (χ0n) is 17.7. The summed E-state index contributed by atoms with van der Waals surface area (Å²) in [4.78, 5) is 21.7. The summed E-state index contributed by atoms with van der Waals surface area (Å²) < 4.78 is 13.3. The first-order valence-corrected chi connectivity index (χ1v) is 10.2. The van der Waals surface area contributed by atoms with Crippen molar-refractivity contribution in [1.82, 2.24) is 24.9 Å². The first-order chi connectivity index (χ1) is 15.6. The van der Waals surface area contributed by atoms with E-state index in [0.29, 0.717) is 23.4 Å². The predicted molar refractivity (Wildman–Crippen MR) is 122 cm³/mol. The fraction of sp³-hybridized carbons (Fsp3) is 0.174. The number of nitrogens with one attached hydrogen (secondary N) is 3. The largest absolute Gasteiger partial charge is 0.363 e. The summed E-state index contributed by atoms with van der Waals surface area (Å²) in [6, 6.07) is 11.9. The van der Waals surface area contributed by atoms with Crippen molar-refractivity contribution in [1.29, 1.82) is 0 Å². The van der Waals surface area contributed by atoms with E-state index in [-0.39, 0.29) is 17.9 Å². The molecule has 1 aromatic carbocycles. The third kappa shape index (κ3) is 5.51. The van der Waals surface area contributed by atoms with Crippen LogP contribution in [0.5, 0.6) is 0 Å². The Hall–Kier alpha value is -4.14. The summed E-state index contributed by atoms with van der Waals surface area (Å²) >= 11 is 0. The predicted octanol–water partition coefficient (Wildman–Crippen LogP) is 4.89. The number of halogens is 1. The van der Waals surface area contributed by atoms with Crippen LogP contribution in [0.3, 0.4) is 0 Å². The number of hydrogen-bond acceptors (Lipinski definition) is 8. The Morgan fingerprint density at radius 2 is 1.50 bits per heavy atom. The van der Waals surface area contributed by atoms with Crippen LogP contribution in [0, 0.1) is 5.82 Å². The van der Waals surface area contributed by atoms with Gasteiger partial charge in [0.2, 0.25) is 5.95 Å². The molecule has 0 saturated carbocycles. The molecule has 4 aromatic rings. The molecule has 0 radical (unpaired) electrons. The van der Waals surface area contributed by atoms with Gasteiger partial charge in [-0.25, -0.2) is 9.37 Å². The van der Waals surface area contributed by atoms with Gasteiger partial charge in [-0.1, -0.05) is 18.2 Å². The number of aromatic nitrogens is 5. The summed E-state index contributed by atoms with van der Waals surface area (Å²) in [7, 11) is 0. The van der Waals surface area contributed by atoms with Gasteiger partial charge < -0.3 is 16.0 Å². The molecule has 0 spiro atoms. The fourth-order valence-corrected chi connectivity index (χ4v) is 3.11. The van der Waals surface area contributed by atoms with Gasteiger partial charge in [-0.05, 0) is 43.2 Å². The van der Waals surface area contributed by atoms with Gasteiger partial charge in [0.25, 0.3) is 0 Å². The lowest BCUT2D eigenvalue weighted by Crippen LogP contribution is -2.13. The highest BCUT2D eigenvalue weighted by Crippen LogP contribution is 2.24. The van der Waals surface area contributed by atoms with Crippen molar-refractivity contribution in [2.24, 2.45) is 0 Å². The van der Waals surface area contributed by atoms with Crippen molar-refractivity contribution < 1.29 is 4.39 Å². The molecule has 0 fully saturated rings. The summed E-state index contributed by atoms with van der Waals surface area (Å²) in [5, 5.41) is 9.82. The van der Waals surface area contributed by atoms with Crippen LogP contribution < -0.4 is 16.0 Å². The highest BCUT2D eigenvalue weighted by Gasteiger charge is 2.13. The molecule has 2 unspecified atom stereocenters. The molecule has 3 N–H and O–H groups in total. The Labute approximate surface area is 185 Å². The number of rotatable bonds is 8. The minimum atomic E-state index is -0.275. The maximum absolute atomic E-state index is 13.3. The van der Waals surface area contributed by atoms with Crippen molar-refractivity contribution >= 4 is 23.4 Å². The third-order valence-corrected chi connectivity index (χ3v) is 4.81. The van der Waals surface area contributed by atoms with Gasteiger partial charge in [-0.15, -0.1) is 0 Å². The van der Waals surface area contributed by atoms with E-state index in [1.807, 2.05) is 32.2 Å². The van der Waals surface area contributed by atoms with Crippen molar-refractivity contribution in [3.8, 4) is 0 Å². The van der Waals surface area contributed by atoms with Crippen LogP contribution in [0.2, 0.25) is 0 Å². The molecule has 9 heteroatoms. The first kappa shape index (κ1) is 21.1. The fourth-order valence-electron chi connectivity index (χ4n) is 3.11. The number of nitrogens with zero attached hydrogens (tertiary/aromatic N) is 5. The summed E-state index contributed by atoms with van der Waals surface area (Å²) in [5.41, 5.74) is 1.95. The molecular weight excluding hydrogens is 407 g/mol. The van der Waals surface area contributed by atoms with Crippen LogP contribution in [0.1, 0.15) is 37.1 Å². The van der Waals surface area contributed by atoms with E-state index < -0.39 is 0 Å². The van der Waals surface area contributed by atoms with Crippen LogP contribution >= 0.6 is 0 Å². The maximum atomic E-state index is 13.3. The van der Waals surface area contributed by atoms with Gasteiger partial charge in [0, 0.05) is 30.9 Å². The molecule has 3 heterocycles. The molecular formula is C23H23FN8. The van der Waals surface area contributed by atoms with Gasteiger partial charge in [0.1, 0.15) is 23.3 Å². The highest BCUT2D eigenvalue weighted by atomic mass is 19.1. The smallest absolute Gasteiger partial charge is 0.227 e. The Balaban J connectivity index is 1.59.